The molecule has 0 amide bonds. The van der Waals surface area contributed by atoms with Crippen LogP contribution in [0.3, 0.4) is 0 Å². The summed E-state index contributed by atoms with van der Waals surface area (Å²) in [5.74, 6) is 0.910. The van der Waals surface area contributed by atoms with Crippen LogP contribution in [0.1, 0.15) is 53.8 Å². The van der Waals surface area contributed by atoms with Crippen molar-refractivity contribution >= 4 is 11.5 Å². The minimum Gasteiger partial charge on any atom is -0.482 e. The molecule has 2 aromatic rings. The third-order valence-electron chi connectivity index (χ3n) is 3.82. The Hall–Kier alpha value is -2.36. The van der Waals surface area contributed by atoms with Crippen LogP contribution in [0, 0.1) is 0 Å². The second kappa shape index (κ2) is 5.20. The van der Waals surface area contributed by atoms with Crippen molar-refractivity contribution in [2.75, 3.05) is 5.73 Å². The van der Waals surface area contributed by atoms with Gasteiger partial charge in [-0.2, -0.15) is 0 Å². The third kappa shape index (κ3) is 2.49. The molecular formula is C17H18N2O2. The molecule has 1 aliphatic heterocycles. The number of benzene rings is 1. The second-order valence-corrected chi connectivity index (χ2v) is 5.66. The zero-order valence-electron chi connectivity index (χ0n) is 12.2. The van der Waals surface area contributed by atoms with Crippen molar-refractivity contribution in [3.63, 3.8) is 0 Å². The maximum atomic E-state index is 12.4. The van der Waals surface area contributed by atoms with Gasteiger partial charge in [-0.3, -0.25) is 9.78 Å². The normalized spacial score (nSPS) is 17.5. The van der Waals surface area contributed by atoms with Crippen LogP contribution in [-0.2, 0) is 0 Å². The topological polar surface area (TPSA) is 65.2 Å². The van der Waals surface area contributed by atoms with Gasteiger partial charge in [-0.15, -0.1) is 0 Å². The standard InChI is InChI=1S/C17H18N2O2/c1-10(2)12-7-13-15(20)9-16(11-3-5-19-6-4-11)21-17(13)14(18)8-12/h3-8,10,16H,9,18H2,1-2H3. The first-order chi connectivity index (χ1) is 10.1. The summed E-state index contributed by atoms with van der Waals surface area (Å²) in [6.07, 6.45) is 3.44. The number of nitrogens with zero attached hydrogens (tertiary/aromatic N) is 1. The van der Waals surface area contributed by atoms with Crippen LogP contribution < -0.4 is 10.5 Å². The van der Waals surface area contributed by atoms with E-state index in [1.165, 1.54) is 0 Å². The number of anilines is 1. The maximum absolute atomic E-state index is 12.4. The van der Waals surface area contributed by atoms with Crippen molar-refractivity contribution in [2.45, 2.75) is 32.3 Å². The molecule has 1 aromatic heterocycles. The van der Waals surface area contributed by atoms with Gasteiger partial charge in [-0.1, -0.05) is 13.8 Å². The van der Waals surface area contributed by atoms with Crippen molar-refractivity contribution in [3.05, 3.63) is 53.3 Å². The summed E-state index contributed by atoms with van der Waals surface area (Å²) in [6, 6.07) is 7.52. The van der Waals surface area contributed by atoms with Crippen molar-refractivity contribution in [1.29, 1.82) is 0 Å². The molecule has 21 heavy (non-hydrogen) atoms. The van der Waals surface area contributed by atoms with E-state index < -0.39 is 0 Å². The highest BCUT2D eigenvalue weighted by Crippen LogP contribution is 2.40. The number of hydrogen-bond acceptors (Lipinski definition) is 4. The molecular weight excluding hydrogens is 264 g/mol. The summed E-state index contributed by atoms with van der Waals surface area (Å²) in [6.45, 7) is 4.16. The van der Waals surface area contributed by atoms with E-state index in [9.17, 15) is 4.79 Å². The second-order valence-electron chi connectivity index (χ2n) is 5.66. The minimum atomic E-state index is -0.291. The van der Waals surface area contributed by atoms with Gasteiger partial charge in [-0.05, 0) is 41.3 Å². The molecule has 0 aliphatic carbocycles. The lowest BCUT2D eigenvalue weighted by atomic mass is 9.92. The van der Waals surface area contributed by atoms with Crippen LogP contribution in [0.25, 0.3) is 0 Å². The van der Waals surface area contributed by atoms with Crippen molar-refractivity contribution in [3.8, 4) is 5.75 Å². The molecule has 2 N–H and O–H groups in total. The number of nitrogen functional groups attached to an aromatic ring is 1. The van der Waals surface area contributed by atoms with Gasteiger partial charge in [0.05, 0.1) is 17.7 Å². The average molecular weight is 282 g/mol. The number of Topliss-reactive ketones (excluding diaryl/α,β-unsaturated/α-hetero) is 1. The van der Waals surface area contributed by atoms with E-state index in [4.69, 9.17) is 10.5 Å². The SMILES string of the molecule is CC(C)c1cc(N)c2c(c1)C(=O)CC(c1ccncc1)O2. The molecule has 108 valence electrons. The third-order valence-corrected chi connectivity index (χ3v) is 3.82. The highest BCUT2D eigenvalue weighted by molar-refractivity contribution is 6.02. The lowest BCUT2D eigenvalue weighted by molar-refractivity contribution is 0.0851. The largest absolute Gasteiger partial charge is 0.482 e. The van der Waals surface area contributed by atoms with E-state index >= 15 is 0 Å². The number of ketones is 1. The number of nitrogens with two attached hydrogens (primary N) is 1. The van der Waals surface area contributed by atoms with E-state index in [0.29, 0.717) is 29.3 Å². The lowest BCUT2D eigenvalue weighted by Gasteiger charge is -2.27. The molecule has 1 unspecified atom stereocenters. The summed E-state index contributed by atoms with van der Waals surface area (Å²) in [7, 11) is 0. The molecule has 0 saturated carbocycles. The first-order valence-electron chi connectivity index (χ1n) is 7.09. The van der Waals surface area contributed by atoms with E-state index in [1.807, 2.05) is 24.3 Å². The Morgan fingerprint density at radius 1 is 1.29 bits per heavy atom. The molecule has 3 rings (SSSR count). The summed E-state index contributed by atoms with van der Waals surface area (Å²) in [5, 5.41) is 0. The number of carbonyl (C=O) groups is 1. The molecule has 0 radical (unpaired) electrons. The summed E-state index contributed by atoms with van der Waals surface area (Å²) < 4.78 is 5.98. The van der Waals surface area contributed by atoms with E-state index in [1.54, 1.807) is 12.4 Å². The molecule has 0 spiro atoms. The zero-order chi connectivity index (χ0) is 15.0. The molecule has 2 heterocycles. The number of ether oxygens (including phenoxy) is 1. The molecule has 1 aromatic carbocycles. The van der Waals surface area contributed by atoms with E-state index in [0.717, 1.165) is 11.1 Å². The number of aromatic nitrogens is 1. The molecule has 1 atom stereocenters. The zero-order valence-corrected chi connectivity index (χ0v) is 12.2. The van der Waals surface area contributed by atoms with Gasteiger partial charge in [0.1, 0.15) is 6.10 Å². The van der Waals surface area contributed by atoms with Gasteiger partial charge in [0.2, 0.25) is 0 Å². The van der Waals surface area contributed by atoms with Crippen LogP contribution in [-0.4, -0.2) is 10.8 Å². The van der Waals surface area contributed by atoms with Crippen LogP contribution in [0.2, 0.25) is 0 Å². The first kappa shape index (κ1) is 13.6. The van der Waals surface area contributed by atoms with Crippen molar-refractivity contribution in [1.82, 2.24) is 4.98 Å². The number of fused-ring (bicyclic) bond motifs is 1. The Labute approximate surface area is 124 Å². The van der Waals surface area contributed by atoms with Gasteiger partial charge < -0.3 is 10.5 Å². The van der Waals surface area contributed by atoms with Gasteiger partial charge >= 0.3 is 0 Å². The van der Waals surface area contributed by atoms with E-state index in [-0.39, 0.29) is 11.9 Å². The smallest absolute Gasteiger partial charge is 0.170 e. The summed E-state index contributed by atoms with van der Waals surface area (Å²) >= 11 is 0. The van der Waals surface area contributed by atoms with Crippen LogP contribution >= 0.6 is 0 Å². The van der Waals surface area contributed by atoms with Crippen LogP contribution in [0.15, 0.2) is 36.7 Å². The fourth-order valence-corrected chi connectivity index (χ4v) is 2.57. The molecule has 0 bridgehead atoms. The Kier molecular flexibility index (Phi) is 3.37. The number of hydrogen-bond donors (Lipinski definition) is 1. The summed E-state index contributed by atoms with van der Waals surface area (Å²) in [5.41, 5.74) is 9.23. The maximum Gasteiger partial charge on any atom is 0.170 e. The predicted octanol–water partition coefficient (Wildman–Crippen LogP) is 3.49. The predicted molar refractivity (Wildman–Crippen MR) is 81.5 cm³/mol. The van der Waals surface area contributed by atoms with Gasteiger partial charge in [0, 0.05) is 12.4 Å². The molecule has 4 heteroatoms. The average Bonchev–Trinajstić information content (AvgIpc) is 2.48. The Bertz CT molecular complexity index is 681. The number of carbonyl (C=O) groups excluding carboxylic acids is 1. The quantitative estimate of drug-likeness (QED) is 0.856. The van der Waals surface area contributed by atoms with Crippen LogP contribution in [0.4, 0.5) is 5.69 Å². The van der Waals surface area contributed by atoms with Crippen molar-refractivity contribution < 1.29 is 9.53 Å². The van der Waals surface area contributed by atoms with Gasteiger partial charge in [0.25, 0.3) is 0 Å². The van der Waals surface area contributed by atoms with Gasteiger partial charge in [-0.25, -0.2) is 0 Å². The molecule has 1 aliphatic rings. The fourth-order valence-electron chi connectivity index (χ4n) is 2.57. The first-order valence-corrected chi connectivity index (χ1v) is 7.09. The summed E-state index contributed by atoms with van der Waals surface area (Å²) in [4.78, 5) is 16.4. The Morgan fingerprint density at radius 2 is 2.00 bits per heavy atom. The molecule has 0 saturated heterocycles. The molecule has 4 nitrogen and oxygen atoms in total. The fraction of sp³-hybridized carbons (Fsp3) is 0.294. The van der Waals surface area contributed by atoms with Crippen LogP contribution in [0.5, 0.6) is 5.75 Å². The Balaban J connectivity index is 2.01. The number of pyridine rings is 1. The highest BCUT2D eigenvalue weighted by atomic mass is 16.5. The number of rotatable bonds is 2. The molecule has 0 fully saturated rings. The highest BCUT2D eigenvalue weighted by Gasteiger charge is 2.29. The van der Waals surface area contributed by atoms with E-state index in [2.05, 4.69) is 18.8 Å². The Morgan fingerprint density at radius 3 is 2.67 bits per heavy atom. The minimum absolute atomic E-state index is 0.0762. The van der Waals surface area contributed by atoms with Gasteiger partial charge in [0.15, 0.2) is 11.5 Å². The monoisotopic (exact) mass is 282 g/mol. The van der Waals surface area contributed by atoms with Crippen molar-refractivity contribution in [2.24, 2.45) is 0 Å². The lowest BCUT2D eigenvalue weighted by Crippen LogP contribution is -2.21.